The molecule has 2 fully saturated rings. The Hall–Kier alpha value is -2.11. The first kappa shape index (κ1) is 16.1. The van der Waals surface area contributed by atoms with Crippen LogP contribution < -0.4 is 5.73 Å². The van der Waals surface area contributed by atoms with Crippen molar-refractivity contribution in [3.8, 4) is 0 Å². The molecule has 0 amide bonds. The van der Waals surface area contributed by atoms with Gasteiger partial charge in [-0.25, -0.2) is 4.99 Å². The van der Waals surface area contributed by atoms with Gasteiger partial charge in [0.15, 0.2) is 0 Å². The summed E-state index contributed by atoms with van der Waals surface area (Å²) in [6.45, 7) is 1.26. The Bertz CT molecular complexity index is 971. The molecule has 2 aliphatic rings. The first-order chi connectivity index (χ1) is 12.7. The van der Waals surface area contributed by atoms with Gasteiger partial charge in [0.1, 0.15) is 5.84 Å². The molecule has 5 heteroatoms. The number of hydrogen-bond donors (Lipinski definition) is 2. The van der Waals surface area contributed by atoms with Gasteiger partial charge in [-0.3, -0.25) is 0 Å². The summed E-state index contributed by atoms with van der Waals surface area (Å²) < 4.78 is 0. The number of nitrogens with zero attached hydrogens (tertiary/aromatic N) is 2. The molecule has 3 heterocycles. The maximum atomic E-state index is 6.16. The number of thiophene rings is 1. The molecule has 1 spiro atoms. The van der Waals surface area contributed by atoms with Crippen LogP contribution in [0.25, 0.3) is 10.9 Å². The van der Waals surface area contributed by atoms with E-state index < -0.39 is 0 Å². The highest BCUT2D eigenvalue weighted by molar-refractivity contribution is 7.12. The Labute approximate surface area is 157 Å². The van der Waals surface area contributed by atoms with Gasteiger partial charge < -0.3 is 15.6 Å². The lowest BCUT2D eigenvalue weighted by Gasteiger charge is -2.20. The second-order valence-electron chi connectivity index (χ2n) is 7.75. The summed E-state index contributed by atoms with van der Waals surface area (Å²) in [7, 11) is 2.29. The van der Waals surface area contributed by atoms with Crippen LogP contribution in [0, 0.1) is 5.92 Å². The molecule has 1 aromatic carbocycles. The molecule has 0 radical (unpaired) electrons. The Morgan fingerprint density at radius 3 is 3.12 bits per heavy atom. The lowest BCUT2D eigenvalue weighted by molar-refractivity contribution is 0.269. The molecule has 0 bridgehead atoms. The summed E-state index contributed by atoms with van der Waals surface area (Å²) >= 11 is 1.62. The van der Waals surface area contributed by atoms with Gasteiger partial charge in [0.05, 0.1) is 10.6 Å². The Kier molecular flexibility index (Phi) is 3.69. The van der Waals surface area contributed by atoms with Crippen LogP contribution in [0.15, 0.2) is 46.9 Å². The number of amidine groups is 1. The van der Waals surface area contributed by atoms with E-state index in [1.54, 1.807) is 11.3 Å². The number of likely N-dealkylation sites (tertiary alicyclic amines) is 1. The minimum Gasteiger partial charge on any atom is -0.383 e. The topological polar surface area (TPSA) is 57.4 Å². The molecule has 4 nitrogen and oxygen atoms in total. The minimum atomic E-state index is 0.489. The number of benzene rings is 1. The van der Waals surface area contributed by atoms with E-state index in [4.69, 9.17) is 5.73 Å². The van der Waals surface area contributed by atoms with E-state index in [2.05, 4.69) is 40.3 Å². The van der Waals surface area contributed by atoms with E-state index in [1.807, 2.05) is 23.6 Å². The number of hydrogen-bond acceptors (Lipinski definition) is 3. The van der Waals surface area contributed by atoms with Crippen molar-refractivity contribution in [2.45, 2.75) is 31.2 Å². The highest BCUT2D eigenvalue weighted by Crippen LogP contribution is 2.55. The molecule has 1 aliphatic carbocycles. The lowest BCUT2D eigenvalue weighted by atomic mass is 10.0. The smallest absolute Gasteiger partial charge is 0.141 e. The molecule has 1 unspecified atom stereocenters. The molecule has 2 aromatic heterocycles. The number of aromatic amines is 1. The average molecular weight is 365 g/mol. The number of nitrogens with two attached hydrogens (primary N) is 1. The minimum absolute atomic E-state index is 0.489. The van der Waals surface area contributed by atoms with E-state index >= 15 is 0 Å². The van der Waals surface area contributed by atoms with Crippen molar-refractivity contribution in [1.82, 2.24) is 9.88 Å². The van der Waals surface area contributed by atoms with Crippen LogP contribution in [0.4, 0.5) is 5.69 Å². The highest BCUT2D eigenvalue weighted by Gasteiger charge is 2.58. The fraction of sp³-hybridized carbons (Fsp3) is 0.381. The normalized spacial score (nSPS) is 26.2. The summed E-state index contributed by atoms with van der Waals surface area (Å²) in [5, 5.41) is 3.31. The number of nitrogens with one attached hydrogen (secondary N) is 1. The molecule has 134 valence electrons. The van der Waals surface area contributed by atoms with Gasteiger partial charge in [-0.1, -0.05) is 6.07 Å². The molecule has 1 saturated heterocycles. The fourth-order valence-corrected chi connectivity index (χ4v) is 5.36. The number of aliphatic imine (C=N–C) groups is 1. The maximum absolute atomic E-state index is 6.16. The summed E-state index contributed by atoms with van der Waals surface area (Å²) in [6, 6.07) is 10.3. The summed E-state index contributed by atoms with van der Waals surface area (Å²) in [6.07, 6.45) is 7.39. The first-order valence-corrected chi connectivity index (χ1v) is 10.2. The van der Waals surface area contributed by atoms with Gasteiger partial charge in [0.25, 0.3) is 0 Å². The van der Waals surface area contributed by atoms with Crippen LogP contribution in [0.3, 0.4) is 0 Å². The molecule has 3 N–H and O–H groups in total. The van der Waals surface area contributed by atoms with Crippen molar-refractivity contribution in [2.75, 3.05) is 13.6 Å². The molecule has 1 aliphatic heterocycles. The third-order valence-corrected chi connectivity index (χ3v) is 7.20. The third kappa shape index (κ3) is 2.58. The van der Waals surface area contributed by atoms with Crippen LogP contribution in [0.2, 0.25) is 0 Å². The second-order valence-corrected chi connectivity index (χ2v) is 8.70. The van der Waals surface area contributed by atoms with Gasteiger partial charge in [0.2, 0.25) is 0 Å². The number of H-pyrrole nitrogens is 1. The zero-order valence-electron chi connectivity index (χ0n) is 15.0. The Morgan fingerprint density at radius 1 is 1.42 bits per heavy atom. The van der Waals surface area contributed by atoms with E-state index in [9.17, 15) is 0 Å². The van der Waals surface area contributed by atoms with Crippen molar-refractivity contribution >= 4 is 33.8 Å². The fourth-order valence-electron chi connectivity index (χ4n) is 4.73. The van der Waals surface area contributed by atoms with Crippen LogP contribution in [0.5, 0.6) is 0 Å². The zero-order chi connectivity index (χ0) is 17.7. The zero-order valence-corrected chi connectivity index (χ0v) is 15.9. The number of fused-ring (bicyclic) bond motifs is 1. The Morgan fingerprint density at radius 2 is 2.35 bits per heavy atom. The van der Waals surface area contributed by atoms with Gasteiger partial charge in [0, 0.05) is 22.6 Å². The van der Waals surface area contributed by atoms with Crippen LogP contribution >= 0.6 is 11.3 Å². The van der Waals surface area contributed by atoms with Gasteiger partial charge in [-0.2, -0.15) is 0 Å². The number of rotatable bonds is 4. The number of aromatic nitrogens is 1. The lowest BCUT2D eigenvalue weighted by Crippen LogP contribution is -2.29. The average Bonchev–Trinajstić information content (AvgIpc) is 3.06. The predicted octanol–water partition coefficient (Wildman–Crippen LogP) is 4.29. The highest BCUT2D eigenvalue weighted by atomic mass is 32.1. The molecule has 5 rings (SSSR count). The Balaban J connectivity index is 1.42. The monoisotopic (exact) mass is 364 g/mol. The second kappa shape index (κ2) is 5.96. The SMILES string of the molecule is CN1CCCC12C[C@H]2Cc1c[nH]c2ccc(N=C(N)c3cccs3)cc12. The summed E-state index contributed by atoms with van der Waals surface area (Å²) in [5.74, 6) is 1.38. The molecular weight excluding hydrogens is 340 g/mol. The quantitative estimate of drug-likeness (QED) is 0.536. The van der Waals surface area contributed by atoms with E-state index in [0.717, 1.165) is 22.9 Å². The summed E-state index contributed by atoms with van der Waals surface area (Å²) in [5.41, 5.74) is 10.2. The first-order valence-electron chi connectivity index (χ1n) is 9.35. The van der Waals surface area contributed by atoms with Crippen LogP contribution in [-0.4, -0.2) is 34.9 Å². The van der Waals surface area contributed by atoms with Crippen molar-refractivity contribution < 1.29 is 0 Å². The predicted molar refractivity (Wildman–Crippen MR) is 109 cm³/mol. The molecular formula is C21H24N4S. The van der Waals surface area contributed by atoms with E-state index in [-0.39, 0.29) is 0 Å². The van der Waals surface area contributed by atoms with Gasteiger partial charge >= 0.3 is 0 Å². The van der Waals surface area contributed by atoms with Crippen LogP contribution in [-0.2, 0) is 6.42 Å². The molecule has 2 atom stereocenters. The largest absolute Gasteiger partial charge is 0.383 e. The maximum Gasteiger partial charge on any atom is 0.141 e. The van der Waals surface area contributed by atoms with Crippen molar-refractivity contribution in [1.29, 1.82) is 0 Å². The van der Waals surface area contributed by atoms with E-state index in [0.29, 0.717) is 11.4 Å². The summed E-state index contributed by atoms with van der Waals surface area (Å²) in [4.78, 5) is 11.7. The van der Waals surface area contributed by atoms with Gasteiger partial charge in [-0.05, 0) is 80.4 Å². The molecule has 3 aromatic rings. The van der Waals surface area contributed by atoms with Gasteiger partial charge in [-0.15, -0.1) is 11.3 Å². The van der Waals surface area contributed by atoms with Crippen molar-refractivity contribution in [3.63, 3.8) is 0 Å². The third-order valence-electron chi connectivity index (χ3n) is 6.30. The van der Waals surface area contributed by atoms with Crippen molar-refractivity contribution in [3.05, 3.63) is 52.3 Å². The molecule has 26 heavy (non-hydrogen) atoms. The molecule has 1 saturated carbocycles. The standard InChI is InChI=1S/C21H24N4S/c1-25-8-3-7-21(25)12-15(21)10-14-13-23-18-6-5-16(11-17(14)18)24-20(22)19-4-2-9-26-19/h2,4-6,9,11,13,15,23H,3,7-8,10,12H2,1H3,(H2,22,24)/t15-,21?/m1/s1. The van der Waals surface area contributed by atoms with Crippen molar-refractivity contribution in [2.24, 2.45) is 16.6 Å². The van der Waals surface area contributed by atoms with Crippen LogP contribution in [0.1, 0.15) is 29.7 Å². The van der Waals surface area contributed by atoms with E-state index in [1.165, 1.54) is 42.3 Å².